The molecule has 2 aromatic heterocycles. The van der Waals surface area contributed by atoms with Crippen LogP contribution in [0.1, 0.15) is 60.1 Å². The topological polar surface area (TPSA) is 67.3 Å². The van der Waals surface area contributed by atoms with Crippen LogP contribution in [0.4, 0.5) is 11.5 Å². The van der Waals surface area contributed by atoms with Crippen LogP contribution in [0, 0.1) is 0 Å². The van der Waals surface area contributed by atoms with E-state index >= 15 is 0 Å². The molecule has 6 heteroatoms. The van der Waals surface area contributed by atoms with Gasteiger partial charge in [0.2, 0.25) is 0 Å². The molecule has 0 bridgehead atoms. The van der Waals surface area contributed by atoms with Crippen LogP contribution in [0.15, 0.2) is 42.7 Å². The number of carbonyl (C=O) groups excluding carboxylic acids is 1. The lowest BCUT2D eigenvalue weighted by Crippen LogP contribution is -2.30. The van der Waals surface area contributed by atoms with Gasteiger partial charge < -0.3 is 15.0 Å². The minimum atomic E-state index is -0.345. The molecule has 0 saturated carbocycles. The van der Waals surface area contributed by atoms with Crippen LogP contribution < -0.4 is 10.2 Å². The molecule has 0 spiro atoms. The number of fused-ring (bicyclic) bond motifs is 2. The van der Waals surface area contributed by atoms with Gasteiger partial charge in [-0.15, -0.1) is 0 Å². The van der Waals surface area contributed by atoms with Crippen molar-refractivity contribution in [2.24, 2.45) is 0 Å². The Morgan fingerprint density at radius 2 is 2.00 bits per heavy atom. The number of anilines is 2. The smallest absolute Gasteiger partial charge is 0.341 e. The van der Waals surface area contributed by atoms with Crippen molar-refractivity contribution in [2.75, 3.05) is 29.9 Å². The first-order valence-corrected chi connectivity index (χ1v) is 11.3. The molecule has 1 N–H and O–H groups in total. The molecule has 1 saturated heterocycles. The number of esters is 1. The van der Waals surface area contributed by atoms with Crippen molar-refractivity contribution in [1.29, 1.82) is 0 Å². The molecule has 6 nitrogen and oxygen atoms in total. The van der Waals surface area contributed by atoms with Gasteiger partial charge >= 0.3 is 5.97 Å². The largest absolute Gasteiger partial charge is 0.462 e. The molecule has 160 valence electrons. The van der Waals surface area contributed by atoms with Gasteiger partial charge in [-0.2, -0.15) is 0 Å². The summed E-state index contributed by atoms with van der Waals surface area (Å²) < 4.78 is 5.35. The first kappa shape index (κ1) is 19.8. The molecule has 1 unspecified atom stereocenters. The van der Waals surface area contributed by atoms with Gasteiger partial charge in [0.25, 0.3) is 0 Å². The summed E-state index contributed by atoms with van der Waals surface area (Å²) in [6.07, 6.45) is 9.11. The predicted octanol–water partition coefficient (Wildman–Crippen LogP) is 4.90. The number of pyridine rings is 2. The number of hydrogen-bond acceptors (Lipinski definition) is 6. The molecule has 1 fully saturated rings. The highest BCUT2D eigenvalue weighted by atomic mass is 16.5. The molecule has 1 aliphatic carbocycles. The Labute approximate surface area is 182 Å². The lowest BCUT2D eigenvalue weighted by Gasteiger charge is -2.28. The fourth-order valence-corrected chi connectivity index (χ4v) is 4.85. The van der Waals surface area contributed by atoms with Crippen molar-refractivity contribution in [3.8, 4) is 0 Å². The molecule has 5 rings (SSSR count). The predicted molar refractivity (Wildman–Crippen MR) is 123 cm³/mol. The summed E-state index contributed by atoms with van der Waals surface area (Å²) in [5.41, 5.74) is 4.78. The van der Waals surface area contributed by atoms with Crippen LogP contribution >= 0.6 is 0 Å². The molecular weight excluding hydrogens is 388 g/mol. The summed E-state index contributed by atoms with van der Waals surface area (Å²) in [5.74, 6) is 0.560. The van der Waals surface area contributed by atoms with Gasteiger partial charge in [0.15, 0.2) is 5.82 Å². The SMILES string of the molecule is CCOC(=O)c1cnc2c(N3CCCCC3)nccc2c1NC1CCc2ccccc21. The van der Waals surface area contributed by atoms with Crippen molar-refractivity contribution >= 4 is 28.4 Å². The van der Waals surface area contributed by atoms with Crippen LogP contribution in [0.3, 0.4) is 0 Å². The summed E-state index contributed by atoms with van der Waals surface area (Å²) >= 11 is 0. The Bertz CT molecular complexity index is 1110. The van der Waals surface area contributed by atoms with Crippen molar-refractivity contribution < 1.29 is 9.53 Å². The Morgan fingerprint density at radius 1 is 1.16 bits per heavy atom. The summed E-state index contributed by atoms with van der Waals surface area (Å²) in [6.45, 7) is 4.14. The number of nitrogens with one attached hydrogen (secondary N) is 1. The van der Waals surface area contributed by atoms with Crippen LogP contribution in [-0.4, -0.2) is 35.6 Å². The monoisotopic (exact) mass is 416 g/mol. The molecule has 2 aliphatic rings. The summed E-state index contributed by atoms with van der Waals surface area (Å²) in [7, 11) is 0. The van der Waals surface area contributed by atoms with E-state index in [2.05, 4.69) is 39.5 Å². The highest BCUT2D eigenvalue weighted by Crippen LogP contribution is 2.38. The van der Waals surface area contributed by atoms with Gasteiger partial charge in [-0.1, -0.05) is 24.3 Å². The molecule has 3 heterocycles. The second-order valence-corrected chi connectivity index (χ2v) is 8.28. The molecule has 1 aliphatic heterocycles. The third-order valence-corrected chi connectivity index (χ3v) is 6.37. The highest BCUT2D eigenvalue weighted by molar-refractivity contribution is 6.07. The fraction of sp³-hybridized carbons (Fsp3) is 0.400. The maximum Gasteiger partial charge on any atom is 0.341 e. The number of rotatable bonds is 5. The lowest BCUT2D eigenvalue weighted by atomic mass is 10.0. The van der Waals surface area contributed by atoms with Crippen LogP contribution in [0.2, 0.25) is 0 Å². The zero-order valence-electron chi connectivity index (χ0n) is 17.9. The van der Waals surface area contributed by atoms with Crippen molar-refractivity contribution in [2.45, 2.75) is 45.1 Å². The average Bonchev–Trinajstić information content (AvgIpc) is 3.22. The summed E-state index contributed by atoms with van der Waals surface area (Å²) in [5, 5.41) is 4.61. The van der Waals surface area contributed by atoms with E-state index in [0.717, 1.165) is 48.3 Å². The van der Waals surface area contributed by atoms with Crippen LogP contribution in [-0.2, 0) is 11.2 Å². The number of aromatic nitrogens is 2. The number of aryl methyl sites for hydroxylation is 1. The number of carbonyl (C=O) groups is 1. The average molecular weight is 417 g/mol. The molecule has 1 atom stereocenters. The molecule has 1 aromatic carbocycles. The minimum Gasteiger partial charge on any atom is -0.462 e. The normalized spacial score (nSPS) is 18.1. The van der Waals surface area contributed by atoms with E-state index in [1.54, 1.807) is 6.20 Å². The molecule has 0 amide bonds. The third-order valence-electron chi connectivity index (χ3n) is 6.37. The Morgan fingerprint density at radius 3 is 2.84 bits per heavy atom. The van der Waals surface area contributed by atoms with Gasteiger partial charge in [0, 0.05) is 30.9 Å². The Kier molecular flexibility index (Phi) is 5.45. The fourth-order valence-electron chi connectivity index (χ4n) is 4.85. The second-order valence-electron chi connectivity index (χ2n) is 8.28. The first-order valence-electron chi connectivity index (χ1n) is 11.3. The Hall–Kier alpha value is -3.15. The first-order chi connectivity index (χ1) is 15.3. The summed E-state index contributed by atoms with van der Waals surface area (Å²) in [6, 6.07) is 10.6. The molecule has 31 heavy (non-hydrogen) atoms. The molecule has 3 aromatic rings. The standard InChI is InChI=1S/C25H28N4O2/c1-2-31-25(30)20-16-27-23-19(12-13-26-24(23)29-14-6-3-7-15-29)22(20)28-21-11-10-17-8-4-5-9-18(17)21/h4-5,8-9,12-13,16,21H,2-3,6-7,10-11,14-15H2,1H3,(H,27,28). The minimum absolute atomic E-state index is 0.154. The van der Waals surface area contributed by atoms with E-state index in [1.165, 1.54) is 30.4 Å². The maximum atomic E-state index is 12.8. The van der Waals surface area contributed by atoms with Gasteiger partial charge in [0.1, 0.15) is 11.1 Å². The van der Waals surface area contributed by atoms with E-state index in [1.807, 2.05) is 19.2 Å². The van der Waals surface area contributed by atoms with E-state index < -0.39 is 0 Å². The Balaban J connectivity index is 1.61. The van der Waals surface area contributed by atoms with Crippen molar-refractivity contribution in [3.05, 3.63) is 59.4 Å². The second kappa shape index (κ2) is 8.53. The molecule has 0 radical (unpaired) electrons. The van der Waals surface area contributed by atoms with E-state index in [4.69, 9.17) is 9.72 Å². The zero-order valence-corrected chi connectivity index (χ0v) is 17.9. The van der Waals surface area contributed by atoms with Crippen LogP contribution in [0.25, 0.3) is 10.9 Å². The van der Waals surface area contributed by atoms with Gasteiger partial charge in [-0.25, -0.2) is 9.78 Å². The molecular formula is C25H28N4O2. The van der Waals surface area contributed by atoms with E-state index in [0.29, 0.717) is 12.2 Å². The van der Waals surface area contributed by atoms with Gasteiger partial charge in [-0.3, -0.25) is 4.98 Å². The van der Waals surface area contributed by atoms with Crippen molar-refractivity contribution in [3.63, 3.8) is 0 Å². The number of hydrogen-bond donors (Lipinski definition) is 1. The van der Waals surface area contributed by atoms with E-state index in [-0.39, 0.29) is 12.0 Å². The lowest BCUT2D eigenvalue weighted by molar-refractivity contribution is 0.0527. The quantitative estimate of drug-likeness (QED) is 0.597. The van der Waals surface area contributed by atoms with Gasteiger partial charge in [0.05, 0.1) is 18.3 Å². The van der Waals surface area contributed by atoms with Crippen molar-refractivity contribution in [1.82, 2.24) is 9.97 Å². The maximum absolute atomic E-state index is 12.8. The third kappa shape index (κ3) is 3.71. The zero-order chi connectivity index (χ0) is 21.2. The van der Waals surface area contributed by atoms with Gasteiger partial charge in [-0.05, 0) is 56.2 Å². The van der Waals surface area contributed by atoms with Crippen LogP contribution in [0.5, 0.6) is 0 Å². The number of benzene rings is 1. The number of piperidine rings is 1. The number of nitrogens with zero attached hydrogens (tertiary/aromatic N) is 3. The van der Waals surface area contributed by atoms with E-state index in [9.17, 15) is 4.79 Å². The summed E-state index contributed by atoms with van der Waals surface area (Å²) in [4.78, 5) is 24.5. The highest BCUT2D eigenvalue weighted by Gasteiger charge is 2.26. The number of ether oxygens (including phenoxy) is 1.